The van der Waals surface area contributed by atoms with E-state index in [4.69, 9.17) is 14.2 Å². The van der Waals surface area contributed by atoms with Crippen molar-refractivity contribution in [3.8, 4) is 0 Å². The van der Waals surface area contributed by atoms with Crippen molar-refractivity contribution in [1.82, 2.24) is 0 Å². The molecule has 0 aliphatic carbocycles. The lowest BCUT2D eigenvalue weighted by Crippen LogP contribution is -2.59. The van der Waals surface area contributed by atoms with Gasteiger partial charge in [-0.2, -0.15) is 0 Å². The number of esters is 1. The fourth-order valence-electron chi connectivity index (χ4n) is 2.49. The molecule has 2 rings (SSSR count). The number of ether oxygens (including phenoxy) is 3. The van der Waals surface area contributed by atoms with E-state index in [1.165, 1.54) is 0 Å². The minimum atomic E-state index is -1.44. The van der Waals surface area contributed by atoms with Crippen LogP contribution in [0.3, 0.4) is 0 Å². The van der Waals surface area contributed by atoms with Gasteiger partial charge in [0, 0.05) is 14.7 Å². The van der Waals surface area contributed by atoms with Crippen molar-refractivity contribution in [2.75, 3.05) is 13.2 Å². The standard InChI is InChI=1S/C18H28O7Si/c1-26(2,3)10-9-23-18-16(21)15(20)14(19)13(25-18)11-24-17(22)12-7-5-4-6-8-12/h4-8,13-16,18-21H,9-11H2,1-3H3/t13-,14+,15+,16-,18-/m1/s1. The molecule has 0 aromatic heterocycles. The van der Waals surface area contributed by atoms with Gasteiger partial charge >= 0.3 is 5.97 Å². The van der Waals surface area contributed by atoms with Gasteiger partial charge in [0.1, 0.15) is 31.0 Å². The van der Waals surface area contributed by atoms with Crippen LogP contribution in [0.5, 0.6) is 0 Å². The summed E-state index contributed by atoms with van der Waals surface area (Å²) in [5, 5.41) is 30.2. The van der Waals surface area contributed by atoms with Crippen molar-refractivity contribution in [2.24, 2.45) is 0 Å². The first-order valence-corrected chi connectivity index (χ1v) is 12.4. The molecular formula is C18H28O7Si. The second-order valence-electron chi connectivity index (χ2n) is 7.66. The fourth-order valence-corrected chi connectivity index (χ4v) is 3.22. The van der Waals surface area contributed by atoms with E-state index in [1.807, 2.05) is 0 Å². The zero-order valence-corrected chi connectivity index (χ0v) is 16.4. The summed E-state index contributed by atoms with van der Waals surface area (Å²) in [6, 6.07) is 9.30. The molecule has 1 aliphatic rings. The van der Waals surface area contributed by atoms with Gasteiger partial charge in [0.15, 0.2) is 6.29 Å². The fraction of sp³-hybridized carbons (Fsp3) is 0.611. The molecule has 0 amide bonds. The molecule has 1 fully saturated rings. The molecule has 1 aromatic rings. The second kappa shape index (κ2) is 9.07. The van der Waals surface area contributed by atoms with Crippen LogP contribution in [0.4, 0.5) is 0 Å². The first-order valence-electron chi connectivity index (χ1n) is 8.72. The predicted molar refractivity (Wildman–Crippen MR) is 97.5 cm³/mol. The molecule has 7 nitrogen and oxygen atoms in total. The highest BCUT2D eigenvalue weighted by molar-refractivity contribution is 6.76. The number of rotatable bonds is 7. The Bertz CT molecular complexity index is 575. The average molecular weight is 385 g/mol. The Kier molecular flexibility index (Phi) is 7.33. The van der Waals surface area contributed by atoms with Gasteiger partial charge < -0.3 is 29.5 Å². The van der Waals surface area contributed by atoms with Crippen LogP contribution in [0.2, 0.25) is 25.7 Å². The Morgan fingerprint density at radius 2 is 1.73 bits per heavy atom. The van der Waals surface area contributed by atoms with Crippen LogP contribution >= 0.6 is 0 Å². The molecule has 0 spiro atoms. The summed E-state index contributed by atoms with van der Waals surface area (Å²) in [7, 11) is -1.32. The van der Waals surface area contributed by atoms with Crippen LogP contribution in [0, 0.1) is 0 Å². The molecule has 1 saturated heterocycles. The summed E-state index contributed by atoms with van der Waals surface area (Å²) in [5.41, 5.74) is 0.376. The molecule has 5 atom stereocenters. The Balaban J connectivity index is 1.91. The monoisotopic (exact) mass is 384 g/mol. The molecule has 26 heavy (non-hydrogen) atoms. The molecule has 0 unspecified atom stereocenters. The number of aliphatic hydroxyl groups excluding tert-OH is 3. The van der Waals surface area contributed by atoms with Crippen LogP contribution < -0.4 is 0 Å². The van der Waals surface area contributed by atoms with Crippen molar-refractivity contribution in [2.45, 2.75) is 56.4 Å². The molecule has 0 bridgehead atoms. The van der Waals surface area contributed by atoms with Crippen molar-refractivity contribution >= 4 is 14.0 Å². The molecular weight excluding hydrogens is 356 g/mol. The molecule has 3 N–H and O–H groups in total. The molecule has 0 radical (unpaired) electrons. The maximum absolute atomic E-state index is 12.0. The first-order chi connectivity index (χ1) is 12.2. The van der Waals surface area contributed by atoms with E-state index in [2.05, 4.69) is 19.6 Å². The van der Waals surface area contributed by atoms with Crippen molar-refractivity contribution in [1.29, 1.82) is 0 Å². The van der Waals surface area contributed by atoms with Gasteiger partial charge in [0.25, 0.3) is 0 Å². The van der Waals surface area contributed by atoms with E-state index in [1.54, 1.807) is 30.3 Å². The quantitative estimate of drug-likeness (QED) is 0.476. The summed E-state index contributed by atoms with van der Waals surface area (Å²) >= 11 is 0. The number of hydrogen-bond donors (Lipinski definition) is 3. The van der Waals surface area contributed by atoms with Gasteiger partial charge in [-0.3, -0.25) is 0 Å². The summed E-state index contributed by atoms with van der Waals surface area (Å²) < 4.78 is 16.3. The van der Waals surface area contributed by atoms with E-state index in [9.17, 15) is 20.1 Å². The van der Waals surface area contributed by atoms with Gasteiger partial charge in [0.05, 0.1) is 5.56 Å². The lowest BCUT2D eigenvalue weighted by atomic mass is 9.99. The van der Waals surface area contributed by atoms with Crippen LogP contribution in [-0.4, -0.2) is 73.3 Å². The van der Waals surface area contributed by atoms with Crippen LogP contribution in [0.1, 0.15) is 10.4 Å². The van der Waals surface area contributed by atoms with Crippen molar-refractivity contribution < 1.29 is 34.3 Å². The van der Waals surface area contributed by atoms with Gasteiger partial charge in [-0.25, -0.2) is 4.79 Å². The number of carbonyl (C=O) groups is 1. The molecule has 1 aromatic carbocycles. The van der Waals surface area contributed by atoms with Crippen molar-refractivity contribution in [3.63, 3.8) is 0 Å². The highest BCUT2D eigenvalue weighted by atomic mass is 28.3. The third-order valence-corrected chi connectivity index (χ3v) is 5.89. The highest BCUT2D eigenvalue weighted by Crippen LogP contribution is 2.23. The van der Waals surface area contributed by atoms with Gasteiger partial charge in [-0.1, -0.05) is 37.8 Å². The molecule has 1 aliphatic heterocycles. The third kappa shape index (κ3) is 5.87. The van der Waals surface area contributed by atoms with E-state index < -0.39 is 44.7 Å². The minimum Gasteiger partial charge on any atom is -0.459 e. The smallest absolute Gasteiger partial charge is 0.338 e. The predicted octanol–water partition coefficient (Wildman–Crippen LogP) is 1.01. The summed E-state index contributed by atoms with van der Waals surface area (Å²) in [4.78, 5) is 12.0. The average Bonchev–Trinajstić information content (AvgIpc) is 2.60. The Hall–Kier alpha value is -1.29. The lowest BCUT2D eigenvalue weighted by Gasteiger charge is -2.40. The van der Waals surface area contributed by atoms with Gasteiger partial charge in [-0.15, -0.1) is 0 Å². The van der Waals surface area contributed by atoms with E-state index in [-0.39, 0.29) is 6.61 Å². The molecule has 0 saturated carbocycles. The topological polar surface area (TPSA) is 105 Å². The third-order valence-electron chi connectivity index (χ3n) is 4.19. The molecule has 8 heteroatoms. The summed E-state index contributed by atoms with van der Waals surface area (Å²) in [5.74, 6) is -0.557. The maximum atomic E-state index is 12.0. The number of aliphatic hydroxyl groups is 3. The SMILES string of the molecule is C[Si](C)(C)CCO[C@@H]1O[C@H](COC(=O)c2ccccc2)[C@H](O)[C@H](O)[C@H]1O. The molecule has 146 valence electrons. The highest BCUT2D eigenvalue weighted by Gasteiger charge is 2.44. The normalized spacial score (nSPS) is 29.4. The summed E-state index contributed by atoms with van der Waals surface area (Å²) in [6.07, 6.45) is -6.26. The largest absolute Gasteiger partial charge is 0.459 e. The Morgan fingerprint density at radius 1 is 1.08 bits per heavy atom. The number of hydrogen-bond acceptors (Lipinski definition) is 7. The summed E-state index contributed by atoms with van der Waals surface area (Å²) in [6.45, 7) is 6.71. The van der Waals surface area contributed by atoms with Crippen LogP contribution in [0.25, 0.3) is 0 Å². The van der Waals surface area contributed by atoms with E-state index in [0.29, 0.717) is 12.2 Å². The van der Waals surface area contributed by atoms with E-state index >= 15 is 0 Å². The Labute approximate surface area is 154 Å². The van der Waals surface area contributed by atoms with Gasteiger partial charge in [0.2, 0.25) is 0 Å². The Morgan fingerprint density at radius 3 is 2.35 bits per heavy atom. The van der Waals surface area contributed by atoms with Crippen LogP contribution in [0.15, 0.2) is 30.3 Å². The van der Waals surface area contributed by atoms with E-state index in [0.717, 1.165) is 6.04 Å². The number of carbonyl (C=O) groups excluding carboxylic acids is 1. The number of benzene rings is 1. The van der Waals surface area contributed by atoms with Crippen LogP contribution in [-0.2, 0) is 14.2 Å². The first kappa shape index (κ1) is 21.0. The van der Waals surface area contributed by atoms with Crippen molar-refractivity contribution in [3.05, 3.63) is 35.9 Å². The minimum absolute atomic E-state index is 0.257. The zero-order chi connectivity index (χ0) is 19.3. The maximum Gasteiger partial charge on any atom is 0.338 e. The van der Waals surface area contributed by atoms with Gasteiger partial charge in [-0.05, 0) is 18.2 Å². The molecule has 1 heterocycles. The lowest BCUT2D eigenvalue weighted by molar-refractivity contribution is -0.299. The zero-order valence-electron chi connectivity index (χ0n) is 15.4. The second-order valence-corrected chi connectivity index (χ2v) is 13.3.